The molecule has 4 rings (SSSR count). The standard InChI is InChI=1S/C21H19N3O3/c1-14(25)23-11-10-15-6-2-3-7-16(15)19(23)12-21(27)24-13-20(26)22-17-8-4-5-9-18(17)24/h2-11,19H,12-13H2,1H3,(H,22,26)/t19-/m1/s1. The van der Waals surface area contributed by atoms with Crippen molar-refractivity contribution in [3.63, 3.8) is 0 Å². The quantitative estimate of drug-likeness (QED) is 0.894. The number of rotatable bonds is 2. The second-order valence-electron chi connectivity index (χ2n) is 6.64. The fourth-order valence-electron chi connectivity index (χ4n) is 3.64. The van der Waals surface area contributed by atoms with E-state index in [-0.39, 0.29) is 30.7 Å². The lowest BCUT2D eigenvalue weighted by Crippen LogP contribution is -2.44. The van der Waals surface area contributed by atoms with Gasteiger partial charge in [-0.2, -0.15) is 0 Å². The molecule has 2 heterocycles. The third-order valence-corrected chi connectivity index (χ3v) is 4.91. The Balaban J connectivity index is 1.66. The van der Waals surface area contributed by atoms with Crippen molar-refractivity contribution in [2.24, 2.45) is 0 Å². The minimum Gasteiger partial charge on any atom is -0.323 e. The van der Waals surface area contributed by atoms with Gasteiger partial charge in [-0.1, -0.05) is 36.4 Å². The largest absolute Gasteiger partial charge is 0.323 e. The van der Waals surface area contributed by atoms with Crippen molar-refractivity contribution in [3.8, 4) is 0 Å². The predicted octanol–water partition coefficient (Wildman–Crippen LogP) is 2.94. The number of carbonyl (C=O) groups excluding carboxylic acids is 3. The maximum atomic E-state index is 13.1. The topological polar surface area (TPSA) is 69.7 Å². The zero-order chi connectivity index (χ0) is 19.0. The predicted molar refractivity (Wildman–Crippen MR) is 103 cm³/mol. The van der Waals surface area contributed by atoms with E-state index in [0.29, 0.717) is 11.4 Å². The molecule has 2 aromatic carbocycles. The van der Waals surface area contributed by atoms with E-state index >= 15 is 0 Å². The third kappa shape index (κ3) is 3.10. The second-order valence-corrected chi connectivity index (χ2v) is 6.64. The minimum absolute atomic E-state index is 0.0277. The van der Waals surface area contributed by atoms with Gasteiger partial charge in [0.2, 0.25) is 17.7 Å². The van der Waals surface area contributed by atoms with Crippen LogP contribution in [0, 0.1) is 0 Å². The first-order valence-electron chi connectivity index (χ1n) is 8.80. The van der Waals surface area contributed by atoms with Gasteiger partial charge in [-0.15, -0.1) is 0 Å². The van der Waals surface area contributed by atoms with E-state index in [1.165, 1.54) is 11.8 Å². The number of fused-ring (bicyclic) bond motifs is 2. The molecule has 0 aliphatic carbocycles. The highest BCUT2D eigenvalue weighted by atomic mass is 16.2. The highest BCUT2D eigenvalue weighted by Crippen LogP contribution is 2.35. The van der Waals surface area contributed by atoms with Gasteiger partial charge in [0, 0.05) is 13.1 Å². The van der Waals surface area contributed by atoms with Crippen molar-refractivity contribution >= 4 is 35.2 Å². The minimum atomic E-state index is -0.395. The lowest BCUT2D eigenvalue weighted by molar-refractivity contribution is -0.130. The SMILES string of the molecule is CC(=O)N1C=Cc2ccccc2[C@H]1CC(=O)N1CC(=O)Nc2ccccc21. The van der Waals surface area contributed by atoms with Crippen molar-refractivity contribution < 1.29 is 14.4 Å². The average Bonchev–Trinajstić information content (AvgIpc) is 2.67. The van der Waals surface area contributed by atoms with Crippen molar-refractivity contribution in [3.05, 3.63) is 65.9 Å². The van der Waals surface area contributed by atoms with Gasteiger partial charge in [0.25, 0.3) is 0 Å². The van der Waals surface area contributed by atoms with Crippen LogP contribution in [-0.4, -0.2) is 29.2 Å². The molecule has 1 N–H and O–H groups in total. The van der Waals surface area contributed by atoms with Crippen molar-refractivity contribution in [1.82, 2.24) is 4.90 Å². The van der Waals surface area contributed by atoms with Crippen LogP contribution in [0.3, 0.4) is 0 Å². The number of hydrogen-bond donors (Lipinski definition) is 1. The Hall–Kier alpha value is -3.41. The number of hydrogen-bond acceptors (Lipinski definition) is 3. The van der Waals surface area contributed by atoms with Crippen LogP contribution in [-0.2, 0) is 14.4 Å². The van der Waals surface area contributed by atoms with Crippen LogP contribution < -0.4 is 10.2 Å². The van der Waals surface area contributed by atoms with Crippen LogP contribution >= 0.6 is 0 Å². The molecule has 0 aromatic heterocycles. The zero-order valence-electron chi connectivity index (χ0n) is 14.9. The van der Waals surface area contributed by atoms with Crippen LogP contribution in [0.2, 0.25) is 0 Å². The smallest absolute Gasteiger partial charge is 0.244 e. The normalized spacial score (nSPS) is 17.8. The Morgan fingerprint density at radius 3 is 2.67 bits per heavy atom. The number of benzene rings is 2. The monoisotopic (exact) mass is 361 g/mol. The molecule has 0 saturated carbocycles. The average molecular weight is 361 g/mol. The molecular formula is C21H19N3O3. The molecule has 0 unspecified atom stereocenters. The molecule has 0 saturated heterocycles. The fraction of sp³-hybridized carbons (Fsp3) is 0.190. The summed E-state index contributed by atoms with van der Waals surface area (Å²) in [6, 6.07) is 14.6. The van der Waals surface area contributed by atoms with Gasteiger partial charge >= 0.3 is 0 Å². The number of carbonyl (C=O) groups is 3. The molecule has 0 radical (unpaired) electrons. The number of amides is 3. The summed E-state index contributed by atoms with van der Waals surface area (Å²) < 4.78 is 0. The van der Waals surface area contributed by atoms with Crippen molar-refractivity contribution in [2.45, 2.75) is 19.4 Å². The Morgan fingerprint density at radius 2 is 1.85 bits per heavy atom. The van der Waals surface area contributed by atoms with Crippen LogP contribution in [0.15, 0.2) is 54.7 Å². The summed E-state index contributed by atoms with van der Waals surface area (Å²) in [5.74, 6) is -0.552. The summed E-state index contributed by atoms with van der Waals surface area (Å²) in [6.07, 6.45) is 3.70. The molecule has 1 atom stereocenters. The van der Waals surface area contributed by atoms with E-state index in [4.69, 9.17) is 0 Å². The summed E-state index contributed by atoms with van der Waals surface area (Å²) in [7, 11) is 0. The lowest BCUT2D eigenvalue weighted by atomic mass is 9.93. The van der Waals surface area contributed by atoms with Crippen LogP contribution in [0.1, 0.15) is 30.5 Å². The van der Waals surface area contributed by atoms with Crippen molar-refractivity contribution in [1.29, 1.82) is 0 Å². The van der Waals surface area contributed by atoms with Gasteiger partial charge in [-0.25, -0.2) is 0 Å². The molecule has 27 heavy (non-hydrogen) atoms. The Labute approximate surface area is 157 Å². The van der Waals surface area contributed by atoms with Crippen LogP contribution in [0.25, 0.3) is 6.08 Å². The van der Waals surface area contributed by atoms with Crippen LogP contribution in [0.5, 0.6) is 0 Å². The van der Waals surface area contributed by atoms with E-state index in [9.17, 15) is 14.4 Å². The van der Waals surface area contributed by atoms with Gasteiger partial charge < -0.3 is 15.1 Å². The molecular weight excluding hydrogens is 342 g/mol. The van der Waals surface area contributed by atoms with E-state index < -0.39 is 6.04 Å². The van der Waals surface area contributed by atoms with E-state index in [1.54, 1.807) is 17.2 Å². The maximum Gasteiger partial charge on any atom is 0.244 e. The van der Waals surface area contributed by atoms with E-state index in [2.05, 4.69) is 5.32 Å². The Kier molecular flexibility index (Phi) is 4.24. The molecule has 6 nitrogen and oxygen atoms in total. The fourth-order valence-corrected chi connectivity index (χ4v) is 3.64. The van der Waals surface area contributed by atoms with Gasteiger partial charge in [0.05, 0.1) is 23.8 Å². The maximum absolute atomic E-state index is 13.1. The molecule has 0 spiro atoms. The molecule has 2 aliphatic rings. The van der Waals surface area contributed by atoms with Gasteiger partial charge in [0.15, 0.2) is 0 Å². The second kappa shape index (κ2) is 6.72. The Morgan fingerprint density at radius 1 is 1.11 bits per heavy atom. The summed E-state index contributed by atoms with van der Waals surface area (Å²) in [4.78, 5) is 40.3. The molecule has 2 aliphatic heterocycles. The molecule has 2 aromatic rings. The molecule has 136 valence electrons. The first kappa shape index (κ1) is 17.0. The van der Waals surface area contributed by atoms with E-state index in [0.717, 1.165) is 11.1 Å². The highest BCUT2D eigenvalue weighted by molar-refractivity contribution is 6.10. The number of anilines is 2. The van der Waals surface area contributed by atoms with Gasteiger partial charge in [0.1, 0.15) is 6.54 Å². The van der Waals surface area contributed by atoms with E-state index in [1.807, 2.05) is 48.5 Å². The first-order chi connectivity index (χ1) is 13.0. The molecule has 0 fully saturated rings. The van der Waals surface area contributed by atoms with Gasteiger partial charge in [-0.3, -0.25) is 14.4 Å². The van der Waals surface area contributed by atoms with Crippen LogP contribution in [0.4, 0.5) is 11.4 Å². The Bertz CT molecular complexity index is 967. The molecule has 3 amide bonds. The number of nitrogens with one attached hydrogen (secondary N) is 1. The molecule has 0 bridgehead atoms. The summed E-state index contributed by atoms with van der Waals surface area (Å²) in [6.45, 7) is 1.46. The van der Waals surface area contributed by atoms with Gasteiger partial charge in [-0.05, 0) is 29.3 Å². The first-order valence-corrected chi connectivity index (χ1v) is 8.80. The third-order valence-electron chi connectivity index (χ3n) is 4.91. The molecule has 6 heteroatoms. The lowest BCUT2D eigenvalue weighted by Gasteiger charge is -2.35. The number of para-hydroxylation sites is 2. The highest BCUT2D eigenvalue weighted by Gasteiger charge is 2.33. The van der Waals surface area contributed by atoms with Crippen molar-refractivity contribution in [2.75, 3.05) is 16.8 Å². The summed E-state index contributed by atoms with van der Waals surface area (Å²) >= 11 is 0. The zero-order valence-corrected chi connectivity index (χ0v) is 14.9. The summed E-state index contributed by atoms with van der Waals surface area (Å²) in [5.41, 5.74) is 3.22. The number of nitrogens with zero attached hydrogens (tertiary/aromatic N) is 2. The summed E-state index contributed by atoms with van der Waals surface area (Å²) in [5, 5.41) is 2.78.